The average Bonchev–Trinajstić information content (AvgIpc) is 3.16. The molecule has 1 aliphatic rings. The lowest BCUT2D eigenvalue weighted by Gasteiger charge is -2.41. The van der Waals surface area contributed by atoms with Gasteiger partial charge >= 0.3 is 0 Å². The van der Waals surface area contributed by atoms with E-state index in [0.29, 0.717) is 18.8 Å². The number of hydrogen-bond acceptors (Lipinski definition) is 4. The molecule has 148 valence electrons. The number of piperidine rings is 1. The summed E-state index contributed by atoms with van der Waals surface area (Å²) in [5.74, 6) is 0.865. The van der Waals surface area contributed by atoms with E-state index in [1.54, 1.807) is 19.2 Å². The van der Waals surface area contributed by atoms with Crippen LogP contribution in [0.1, 0.15) is 43.7 Å². The maximum Gasteiger partial charge on any atom is 0.287 e. The van der Waals surface area contributed by atoms with Crippen molar-refractivity contribution in [1.82, 2.24) is 20.9 Å². The van der Waals surface area contributed by atoms with Crippen LogP contribution in [0.15, 0.2) is 27.8 Å². The minimum absolute atomic E-state index is 0. The van der Waals surface area contributed by atoms with Crippen LogP contribution in [0.2, 0.25) is 0 Å². The number of halogens is 1. The maximum absolute atomic E-state index is 11.8. The highest BCUT2D eigenvalue weighted by Gasteiger charge is 2.27. The van der Waals surface area contributed by atoms with E-state index in [-0.39, 0.29) is 35.4 Å². The standard InChI is InChI=1S/C18H31N5O2.HI/c1-18(2,23-11-5-4-6-12-23)14-22-17(19-3)21-10-9-20-16(24)15-8-7-13-25-15;/h7-8,13H,4-6,9-12,14H2,1-3H3,(H,20,24)(H2,19,21,22);1H. The predicted molar refractivity (Wildman–Crippen MR) is 115 cm³/mol. The molecule has 3 N–H and O–H groups in total. The Morgan fingerprint density at radius 1 is 1.19 bits per heavy atom. The van der Waals surface area contributed by atoms with E-state index >= 15 is 0 Å². The first-order chi connectivity index (χ1) is 12.0. The molecule has 0 unspecified atom stereocenters. The lowest BCUT2D eigenvalue weighted by molar-refractivity contribution is 0.0926. The molecule has 1 aromatic heterocycles. The number of rotatable bonds is 7. The predicted octanol–water partition coefficient (Wildman–Crippen LogP) is 2.06. The van der Waals surface area contributed by atoms with Crippen LogP contribution in [0.4, 0.5) is 0 Å². The third kappa shape index (κ3) is 7.14. The first-order valence-corrected chi connectivity index (χ1v) is 9.04. The molecule has 0 atom stereocenters. The maximum atomic E-state index is 11.8. The Labute approximate surface area is 173 Å². The van der Waals surface area contributed by atoms with E-state index in [2.05, 4.69) is 39.7 Å². The molecule has 1 fully saturated rings. The van der Waals surface area contributed by atoms with Gasteiger partial charge in [0, 0.05) is 32.2 Å². The molecule has 1 amide bonds. The van der Waals surface area contributed by atoms with Crippen LogP contribution in [-0.4, -0.2) is 62.1 Å². The highest BCUT2D eigenvalue weighted by atomic mass is 127. The van der Waals surface area contributed by atoms with Crippen LogP contribution >= 0.6 is 24.0 Å². The Morgan fingerprint density at radius 3 is 2.50 bits per heavy atom. The number of furan rings is 1. The van der Waals surface area contributed by atoms with Gasteiger partial charge in [0.2, 0.25) is 0 Å². The Hall–Kier alpha value is -1.29. The van der Waals surface area contributed by atoms with Crippen molar-refractivity contribution in [3.8, 4) is 0 Å². The number of carbonyl (C=O) groups excluding carboxylic acids is 1. The van der Waals surface area contributed by atoms with Crippen molar-refractivity contribution in [3.63, 3.8) is 0 Å². The number of nitrogens with zero attached hydrogens (tertiary/aromatic N) is 2. The summed E-state index contributed by atoms with van der Waals surface area (Å²) in [7, 11) is 1.75. The lowest BCUT2D eigenvalue weighted by atomic mass is 9.98. The number of nitrogens with one attached hydrogen (secondary N) is 3. The highest BCUT2D eigenvalue weighted by Crippen LogP contribution is 2.19. The van der Waals surface area contributed by atoms with Gasteiger partial charge in [0.05, 0.1) is 6.26 Å². The van der Waals surface area contributed by atoms with Crippen LogP contribution in [0, 0.1) is 0 Å². The van der Waals surface area contributed by atoms with Crippen molar-refractivity contribution >= 4 is 35.8 Å². The summed E-state index contributed by atoms with van der Waals surface area (Å²) in [5.41, 5.74) is 0.0888. The number of likely N-dealkylation sites (tertiary alicyclic amines) is 1. The summed E-state index contributed by atoms with van der Waals surface area (Å²) in [6.45, 7) is 8.78. The molecular formula is C18H32IN5O2. The summed E-state index contributed by atoms with van der Waals surface area (Å²) in [4.78, 5) is 18.6. The molecule has 1 aliphatic heterocycles. The molecular weight excluding hydrogens is 445 g/mol. The van der Waals surface area contributed by atoms with Crippen molar-refractivity contribution in [1.29, 1.82) is 0 Å². The molecule has 0 radical (unpaired) electrons. The third-order valence-electron chi connectivity index (χ3n) is 4.57. The molecule has 2 heterocycles. The highest BCUT2D eigenvalue weighted by molar-refractivity contribution is 14.0. The van der Waals surface area contributed by atoms with Crippen molar-refractivity contribution in [2.45, 2.75) is 38.6 Å². The molecule has 0 saturated carbocycles. The zero-order chi connectivity index (χ0) is 18.1. The number of amides is 1. The molecule has 0 aromatic carbocycles. The fourth-order valence-corrected chi connectivity index (χ4v) is 2.98. The fraction of sp³-hybridized carbons (Fsp3) is 0.667. The van der Waals surface area contributed by atoms with Crippen LogP contribution in [0.3, 0.4) is 0 Å². The second-order valence-electron chi connectivity index (χ2n) is 6.95. The van der Waals surface area contributed by atoms with Crippen LogP contribution in [0.25, 0.3) is 0 Å². The topological polar surface area (TPSA) is 81.9 Å². The molecule has 0 spiro atoms. The summed E-state index contributed by atoms with van der Waals surface area (Å²) >= 11 is 0. The summed E-state index contributed by atoms with van der Waals surface area (Å²) in [6, 6.07) is 3.34. The van der Waals surface area contributed by atoms with Gasteiger partial charge in [0.25, 0.3) is 5.91 Å². The van der Waals surface area contributed by atoms with Gasteiger partial charge in [-0.2, -0.15) is 0 Å². The third-order valence-corrected chi connectivity index (χ3v) is 4.57. The molecule has 2 rings (SSSR count). The SMILES string of the molecule is CN=C(NCCNC(=O)c1ccco1)NCC(C)(C)N1CCCCC1.I. The van der Waals surface area contributed by atoms with Crippen molar-refractivity contribution < 1.29 is 9.21 Å². The minimum Gasteiger partial charge on any atom is -0.459 e. The van der Waals surface area contributed by atoms with Gasteiger partial charge < -0.3 is 20.4 Å². The minimum atomic E-state index is -0.207. The largest absolute Gasteiger partial charge is 0.459 e. The summed E-state index contributed by atoms with van der Waals surface area (Å²) in [6.07, 6.45) is 5.40. The van der Waals surface area contributed by atoms with Crippen LogP contribution < -0.4 is 16.0 Å². The van der Waals surface area contributed by atoms with Gasteiger partial charge in [-0.15, -0.1) is 24.0 Å². The normalized spacial score (nSPS) is 15.9. The van der Waals surface area contributed by atoms with Crippen LogP contribution in [0.5, 0.6) is 0 Å². The van der Waals surface area contributed by atoms with E-state index in [4.69, 9.17) is 4.42 Å². The molecule has 1 aromatic rings. The smallest absolute Gasteiger partial charge is 0.287 e. The number of hydrogen-bond donors (Lipinski definition) is 3. The molecule has 7 nitrogen and oxygen atoms in total. The van der Waals surface area contributed by atoms with E-state index in [9.17, 15) is 4.79 Å². The second kappa shape index (κ2) is 11.4. The monoisotopic (exact) mass is 477 g/mol. The second-order valence-corrected chi connectivity index (χ2v) is 6.95. The summed E-state index contributed by atoms with van der Waals surface area (Å²) in [5, 5.41) is 9.41. The molecule has 26 heavy (non-hydrogen) atoms. The Bertz CT molecular complexity index is 554. The van der Waals surface area contributed by atoms with Gasteiger partial charge in [-0.3, -0.25) is 14.7 Å². The first kappa shape index (κ1) is 22.8. The molecule has 0 bridgehead atoms. The number of aliphatic imine (C=N–C) groups is 1. The van der Waals surface area contributed by atoms with Gasteiger partial charge in [-0.05, 0) is 51.9 Å². The van der Waals surface area contributed by atoms with Crippen molar-refractivity contribution in [2.75, 3.05) is 39.8 Å². The van der Waals surface area contributed by atoms with E-state index in [1.165, 1.54) is 38.6 Å². The zero-order valence-electron chi connectivity index (χ0n) is 16.0. The van der Waals surface area contributed by atoms with Crippen LogP contribution in [-0.2, 0) is 0 Å². The van der Waals surface area contributed by atoms with E-state index in [0.717, 1.165) is 12.5 Å². The number of guanidine groups is 1. The zero-order valence-corrected chi connectivity index (χ0v) is 18.3. The summed E-state index contributed by atoms with van der Waals surface area (Å²) < 4.78 is 5.06. The van der Waals surface area contributed by atoms with E-state index in [1.807, 2.05) is 0 Å². The Morgan fingerprint density at radius 2 is 1.88 bits per heavy atom. The number of carbonyl (C=O) groups is 1. The Kier molecular flexibility index (Phi) is 10.0. The van der Waals surface area contributed by atoms with Gasteiger partial charge in [-0.1, -0.05) is 6.42 Å². The first-order valence-electron chi connectivity index (χ1n) is 9.04. The Balaban J connectivity index is 0.00000338. The van der Waals surface area contributed by atoms with Crippen molar-refractivity contribution in [3.05, 3.63) is 24.2 Å². The quantitative estimate of drug-likeness (QED) is 0.243. The average molecular weight is 477 g/mol. The fourth-order valence-electron chi connectivity index (χ4n) is 2.98. The van der Waals surface area contributed by atoms with Gasteiger partial charge in [0.15, 0.2) is 11.7 Å². The van der Waals surface area contributed by atoms with Crippen molar-refractivity contribution in [2.24, 2.45) is 4.99 Å². The molecule has 8 heteroatoms. The van der Waals surface area contributed by atoms with E-state index < -0.39 is 0 Å². The van der Waals surface area contributed by atoms with Gasteiger partial charge in [0.1, 0.15) is 0 Å². The molecule has 1 saturated heterocycles. The molecule has 0 aliphatic carbocycles. The van der Waals surface area contributed by atoms with Gasteiger partial charge in [-0.25, -0.2) is 0 Å². The lowest BCUT2D eigenvalue weighted by Crippen LogP contribution is -2.55.